The molecule has 0 fully saturated rings. The molecule has 39 heavy (non-hydrogen) atoms. The van der Waals surface area contributed by atoms with Crippen molar-refractivity contribution in [3.05, 3.63) is 68.9 Å². The summed E-state index contributed by atoms with van der Waals surface area (Å²) in [5, 5.41) is 22.3. The van der Waals surface area contributed by atoms with Gasteiger partial charge in [-0.25, -0.2) is 14.2 Å². The van der Waals surface area contributed by atoms with E-state index in [2.05, 4.69) is 25.8 Å². The average molecular weight is 540 g/mol. The number of nitrogens with one attached hydrogen (secondary N) is 3. The molecule has 4 N–H and O–H groups in total. The number of carbonyl (C=O) groups excluding carboxylic acids is 1. The van der Waals surface area contributed by atoms with Gasteiger partial charge < -0.3 is 20.5 Å². The fraction of sp³-hybridized carbons (Fsp3) is 0.346. The van der Waals surface area contributed by atoms with Gasteiger partial charge in [0.25, 0.3) is 11.5 Å². The monoisotopic (exact) mass is 539 g/mol. The quantitative estimate of drug-likeness (QED) is 0.252. The first-order chi connectivity index (χ1) is 18.5. The number of carbonyl (C=O) groups is 1. The second-order valence-electron chi connectivity index (χ2n) is 9.63. The van der Waals surface area contributed by atoms with Crippen LogP contribution in [0.15, 0.2) is 46.2 Å². The van der Waals surface area contributed by atoms with Gasteiger partial charge >= 0.3 is 5.69 Å². The van der Waals surface area contributed by atoms with E-state index < -0.39 is 29.0 Å². The number of fused-ring (bicyclic) bond motifs is 1. The molecule has 3 heterocycles. The second kappa shape index (κ2) is 11.1. The molecule has 1 amide bonds. The molecule has 206 valence electrons. The van der Waals surface area contributed by atoms with Gasteiger partial charge in [0.15, 0.2) is 23.0 Å². The maximum absolute atomic E-state index is 15.1. The molecule has 1 atom stereocenters. The summed E-state index contributed by atoms with van der Waals surface area (Å²) in [6.45, 7) is 8.51. The number of rotatable bonds is 9. The minimum Gasteiger partial charge on any atom is -0.453 e. The lowest BCUT2D eigenvalue weighted by Crippen LogP contribution is -2.44. The highest BCUT2D eigenvalue weighted by atomic mass is 19.1. The third kappa shape index (κ3) is 5.53. The fourth-order valence-corrected chi connectivity index (χ4v) is 3.94. The van der Waals surface area contributed by atoms with Gasteiger partial charge in [-0.3, -0.25) is 23.8 Å². The average Bonchev–Trinajstić information content (AvgIpc) is 3.28. The van der Waals surface area contributed by atoms with E-state index >= 15 is 4.39 Å². The van der Waals surface area contributed by atoms with Crippen molar-refractivity contribution in [2.24, 2.45) is 0 Å². The van der Waals surface area contributed by atoms with E-state index in [0.717, 1.165) is 10.6 Å². The van der Waals surface area contributed by atoms with Crippen molar-refractivity contribution < 1.29 is 19.0 Å². The number of hydrogen-bond donors (Lipinski definition) is 4. The van der Waals surface area contributed by atoms with Crippen LogP contribution in [0, 0.1) is 5.82 Å². The zero-order chi connectivity index (χ0) is 28.4. The Morgan fingerprint density at radius 1 is 1.13 bits per heavy atom. The van der Waals surface area contributed by atoms with E-state index in [1.807, 2.05) is 0 Å². The summed E-state index contributed by atoms with van der Waals surface area (Å²) in [7, 11) is 0. The standard InChI is InChI=1S/C26H30FN7O5/c1-13(2)33-11-17(25(37)34(14(3)4)26(33)38)24(36)30-16-6-7-19(18(27)10-16)39-20-8-9-28-22-21(20)23(32-31-22)29-15(5)12-35/h6-11,13-15,35H,12H2,1-5H3,(H,30,36)(H2,28,29,31,32). The van der Waals surface area contributed by atoms with E-state index in [1.165, 1.54) is 29.1 Å². The highest BCUT2D eigenvalue weighted by Gasteiger charge is 2.21. The van der Waals surface area contributed by atoms with Gasteiger partial charge in [-0.05, 0) is 46.8 Å². The van der Waals surface area contributed by atoms with Crippen LogP contribution in [0.1, 0.15) is 57.1 Å². The van der Waals surface area contributed by atoms with Gasteiger partial charge in [-0.2, -0.15) is 5.10 Å². The van der Waals surface area contributed by atoms with E-state index in [-0.39, 0.29) is 41.4 Å². The van der Waals surface area contributed by atoms with Crippen LogP contribution in [0.2, 0.25) is 0 Å². The van der Waals surface area contributed by atoms with Crippen LogP contribution >= 0.6 is 0 Å². The summed E-state index contributed by atoms with van der Waals surface area (Å²) in [6, 6.07) is 4.32. The molecule has 0 spiro atoms. The first kappa shape index (κ1) is 27.5. The number of benzene rings is 1. The fourth-order valence-electron chi connectivity index (χ4n) is 3.94. The molecule has 4 rings (SSSR count). The van der Waals surface area contributed by atoms with Crippen LogP contribution < -0.4 is 26.6 Å². The van der Waals surface area contributed by atoms with Crippen molar-refractivity contribution in [3.63, 3.8) is 0 Å². The lowest BCUT2D eigenvalue weighted by atomic mass is 10.2. The lowest BCUT2D eigenvalue weighted by molar-refractivity contribution is 0.102. The summed E-state index contributed by atoms with van der Waals surface area (Å²) in [4.78, 5) is 42.8. The third-order valence-corrected chi connectivity index (χ3v) is 5.95. The summed E-state index contributed by atoms with van der Waals surface area (Å²) in [6.07, 6.45) is 2.70. The third-order valence-electron chi connectivity index (χ3n) is 5.95. The largest absolute Gasteiger partial charge is 0.453 e. The number of aromatic nitrogens is 5. The molecule has 0 saturated heterocycles. The molecule has 1 aromatic carbocycles. The molecule has 13 heteroatoms. The minimum absolute atomic E-state index is 0.0879. The van der Waals surface area contributed by atoms with Crippen LogP contribution in [0.4, 0.5) is 15.9 Å². The van der Waals surface area contributed by atoms with Crippen molar-refractivity contribution in [2.45, 2.75) is 52.7 Å². The number of aliphatic hydroxyl groups is 1. The molecule has 0 aliphatic rings. The Morgan fingerprint density at radius 2 is 1.87 bits per heavy atom. The summed E-state index contributed by atoms with van der Waals surface area (Å²) in [5.74, 6) is -1.03. The van der Waals surface area contributed by atoms with Crippen molar-refractivity contribution in [2.75, 3.05) is 17.2 Å². The number of halogens is 1. The van der Waals surface area contributed by atoms with Gasteiger partial charge in [-0.15, -0.1) is 0 Å². The zero-order valence-electron chi connectivity index (χ0n) is 22.2. The Bertz CT molecular complexity index is 1640. The number of nitrogens with zero attached hydrogens (tertiary/aromatic N) is 4. The van der Waals surface area contributed by atoms with Gasteiger partial charge in [-0.1, -0.05) is 0 Å². The Labute approximate surface area is 222 Å². The minimum atomic E-state index is -0.778. The van der Waals surface area contributed by atoms with Crippen molar-refractivity contribution in [3.8, 4) is 11.5 Å². The van der Waals surface area contributed by atoms with Crippen LogP contribution in [0.25, 0.3) is 11.0 Å². The normalized spacial score (nSPS) is 12.2. The van der Waals surface area contributed by atoms with Gasteiger partial charge in [0, 0.05) is 48.3 Å². The van der Waals surface area contributed by atoms with E-state index in [4.69, 9.17) is 4.74 Å². The van der Waals surface area contributed by atoms with Crippen LogP contribution in [0.3, 0.4) is 0 Å². The number of anilines is 2. The van der Waals surface area contributed by atoms with Crippen LogP contribution in [-0.2, 0) is 0 Å². The molecule has 0 bridgehead atoms. The first-order valence-electron chi connectivity index (χ1n) is 12.4. The van der Waals surface area contributed by atoms with E-state index in [9.17, 15) is 19.5 Å². The lowest BCUT2D eigenvalue weighted by Gasteiger charge is -2.17. The number of pyridine rings is 1. The molecule has 1 unspecified atom stereocenters. The second-order valence-corrected chi connectivity index (χ2v) is 9.63. The highest BCUT2D eigenvalue weighted by Crippen LogP contribution is 2.34. The Morgan fingerprint density at radius 3 is 2.51 bits per heavy atom. The van der Waals surface area contributed by atoms with Crippen molar-refractivity contribution >= 4 is 28.4 Å². The van der Waals surface area contributed by atoms with Gasteiger partial charge in [0.1, 0.15) is 16.7 Å². The molecule has 0 aliphatic carbocycles. The Balaban J connectivity index is 1.61. The highest BCUT2D eigenvalue weighted by molar-refractivity contribution is 6.03. The molecular formula is C26H30FN7O5. The number of amides is 1. The SMILES string of the molecule is CC(CO)Nc1n[nH]c2nccc(Oc3ccc(NC(=O)c4cn(C(C)C)c(=O)n(C(C)C)c4=O)cc3F)c12. The summed E-state index contributed by atoms with van der Waals surface area (Å²) < 4.78 is 23.2. The molecule has 0 radical (unpaired) electrons. The predicted octanol–water partition coefficient (Wildman–Crippen LogP) is 3.42. The zero-order valence-corrected chi connectivity index (χ0v) is 22.2. The number of ether oxygens (including phenoxy) is 1. The summed E-state index contributed by atoms with van der Waals surface area (Å²) >= 11 is 0. The molecule has 12 nitrogen and oxygen atoms in total. The summed E-state index contributed by atoms with van der Waals surface area (Å²) in [5.41, 5.74) is -0.995. The number of H-pyrrole nitrogens is 1. The maximum atomic E-state index is 15.1. The number of aromatic amines is 1. The molecule has 0 aliphatic heterocycles. The van der Waals surface area contributed by atoms with E-state index in [1.54, 1.807) is 40.7 Å². The Hall–Kier alpha value is -4.52. The smallest absolute Gasteiger partial charge is 0.331 e. The topological polar surface area (TPSA) is 156 Å². The van der Waals surface area contributed by atoms with Crippen LogP contribution in [-0.4, -0.2) is 48.0 Å². The van der Waals surface area contributed by atoms with Gasteiger partial charge in [0.05, 0.1) is 6.61 Å². The number of aliphatic hydroxyl groups excluding tert-OH is 1. The molecule has 4 aromatic rings. The number of hydrogen-bond acceptors (Lipinski definition) is 8. The molecular weight excluding hydrogens is 509 g/mol. The molecule has 3 aromatic heterocycles. The Kier molecular flexibility index (Phi) is 7.81. The van der Waals surface area contributed by atoms with Gasteiger partial charge in [0.2, 0.25) is 0 Å². The van der Waals surface area contributed by atoms with E-state index in [0.29, 0.717) is 16.9 Å². The van der Waals surface area contributed by atoms with Crippen LogP contribution in [0.5, 0.6) is 11.5 Å². The first-order valence-corrected chi connectivity index (χ1v) is 12.4. The van der Waals surface area contributed by atoms with Crippen molar-refractivity contribution in [1.82, 2.24) is 24.3 Å². The predicted molar refractivity (Wildman–Crippen MR) is 144 cm³/mol. The van der Waals surface area contributed by atoms with Crippen molar-refractivity contribution in [1.29, 1.82) is 0 Å². The molecule has 0 saturated carbocycles. The maximum Gasteiger partial charge on any atom is 0.331 e.